The first-order chi connectivity index (χ1) is 8.55. The number of hydrogen-bond donors (Lipinski definition) is 0. The number of aromatic nitrogens is 1. The second-order valence-electron chi connectivity index (χ2n) is 4.44. The van der Waals surface area contributed by atoms with Crippen LogP contribution in [0.5, 0.6) is 0 Å². The fourth-order valence-corrected chi connectivity index (χ4v) is 5.77. The molecule has 1 saturated heterocycles. The fourth-order valence-electron chi connectivity index (χ4n) is 2.28. The zero-order valence-corrected chi connectivity index (χ0v) is 13.5. The lowest BCUT2D eigenvalue weighted by Gasteiger charge is -2.33. The standard InChI is InChI=1S/C11H17BrN2O2S2/c1-9-13-8-11(17-9)18(15,16)14-7-3-2-4-10(14)5-6-12/h8,10H,2-7H2,1H3. The molecule has 1 unspecified atom stereocenters. The molecule has 0 N–H and O–H groups in total. The Labute approximate surface area is 121 Å². The molecule has 102 valence electrons. The van der Waals surface area contributed by atoms with Crippen LogP contribution in [0.15, 0.2) is 10.4 Å². The fraction of sp³-hybridized carbons (Fsp3) is 0.727. The number of halogens is 1. The first-order valence-corrected chi connectivity index (χ1v) is 9.43. The maximum atomic E-state index is 12.6. The smallest absolute Gasteiger partial charge is 0.249 e. The van der Waals surface area contributed by atoms with Crippen molar-refractivity contribution < 1.29 is 8.42 Å². The van der Waals surface area contributed by atoms with Crippen LogP contribution in [0.25, 0.3) is 0 Å². The summed E-state index contributed by atoms with van der Waals surface area (Å²) in [5, 5.41) is 1.63. The van der Waals surface area contributed by atoms with Gasteiger partial charge in [-0.1, -0.05) is 22.4 Å². The van der Waals surface area contributed by atoms with Crippen LogP contribution in [0.1, 0.15) is 30.7 Å². The molecule has 1 fully saturated rings. The maximum absolute atomic E-state index is 12.6. The van der Waals surface area contributed by atoms with Crippen LogP contribution < -0.4 is 0 Å². The van der Waals surface area contributed by atoms with Crippen LogP contribution in [0.3, 0.4) is 0 Å². The van der Waals surface area contributed by atoms with Gasteiger partial charge in [0.05, 0.1) is 11.2 Å². The lowest BCUT2D eigenvalue weighted by molar-refractivity contribution is 0.248. The second-order valence-corrected chi connectivity index (χ2v) is 8.59. The molecule has 2 heterocycles. The molecule has 0 radical (unpaired) electrons. The molecular weight excluding hydrogens is 336 g/mol. The normalized spacial score (nSPS) is 22.2. The van der Waals surface area contributed by atoms with E-state index in [-0.39, 0.29) is 6.04 Å². The van der Waals surface area contributed by atoms with E-state index in [4.69, 9.17) is 0 Å². The molecule has 0 aliphatic carbocycles. The van der Waals surface area contributed by atoms with Gasteiger partial charge in [0.1, 0.15) is 0 Å². The number of hydrogen-bond acceptors (Lipinski definition) is 4. The highest BCUT2D eigenvalue weighted by Gasteiger charge is 2.34. The van der Waals surface area contributed by atoms with E-state index in [0.29, 0.717) is 10.8 Å². The third-order valence-corrected chi connectivity index (χ3v) is 6.94. The van der Waals surface area contributed by atoms with E-state index in [0.717, 1.165) is 36.0 Å². The number of nitrogens with zero attached hydrogens (tertiary/aromatic N) is 2. The average Bonchev–Trinajstić information content (AvgIpc) is 2.78. The van der Waals surface area contributed by atoms with Crippen molar-refractivity contribution in [1.82, 2.24) is 9.29 Å². The molecule has 0 saturated carbocycles. The van der Waals surface area contributed by atoms with Crippen molar-refractivity contribution in [1.29, 1.82) is 0 Å². The highest BCUT2D eigenvalue weighted by Crippen LogP contribution is 2.29. The second kappa shape index (κ2) is 5.98. The van der Waals surface area contributed by atoms with Crippen molar-refractivity contribution >= 4 is 37.3 Å². The summed E-state index contributed by atoms with van der Waals surface area (Å²) in [4.78, 5) is 4.05. The molecule has 0 aromatic carbocycles. The van der Waals surface area contributed by atoms with Crippen molar-refractivity contribution in [3.8, 4) is 0 Å². The van der Waals surface area contributed by atoms with Crippen molar-refractivity contribution in [3.05, 3.63) is 11.2 Å². The van der Waals surface area contributed by atoms with Crippen molar-refractivity contribution in [2.75, 3.05) is 11.9 Å². The lowest BCUT2D eigenvalue weighted by Crippen LogP contribution is -2.43. The summed E-state index contributed by atoms with van der Waals surface area (Å²) in [5.74, 6) is 0. The molecule has 1 atom stereocenters. The number of sulfonamides is 1. The Balaban J connectivity index is 2.27. The maximum Gasteiger partial charge on any atom is 0.254 e. The van der Waals surface area contributed by atoms with E-state index >= 15 is 0 Å². The Hall–Kier alpha value is 0.0200. The number of alkyl halides is 1. The molecular formula is C11H17BrN2O2S2. The van der Waals surface area contributed by atoms with Gasteiger partial charge in [0.15, 0.2) is 4.21 Å². The minimum absolute atomic E-state index is 0.130. The zero-order valence-electron chi connectivity index (χ0n) is 10.3. The molecule has 0 amide bonds. The summed E-state index contributed by atoms with van der Waals surface area (Å²) < 4.78 is 27.2. The van der Waals surface area contributed by atoms with Gasteiger partial charge in [-0.3, -0.25) is 0 Å². The Bertz CT molecular complexity index is 499. The molecule has 1 aromatic heterocycles. The van der Waals surface area contributed by atoms with Crippen LogP contribution in [0.2, 0.25) is 0 Å². The monoisotopic (exact) mass is 352 g/mol. The van der Waals surface area contributed by atoms with E-state index in [1.54, 1.807) is 4.31 Å². The molecule has 0 bridgehead atoms. The molecule has 1 aliphatic heterocycles. The van der Waals surface area contributed by atoms with Gasteiger partial charge in [0, 0.05) is 17.9 Å². The summed E-state index contributed by atoms with van der Waals surface area (Å²) >= 11 is 4.66. The molecule has 18 heavy (non-hydrogen) atoms. The molecule has 7 heteroatoms. The Morgan fingerprint density at radius 3 is 2.94 bits per heavy atom. The van der Waals surface area contributed by atoms with Gasteiger partial charge in [-0.2, -0.15) is 4.31 Å². The quantitative estimate of drug-likeness (QED) is 0.782. The van der Waals surface area contributed by atoms with Crippen molar-refractivity contribution in [3.63, 3.8) is 0 Å². The van der Waals surface area contributed by atoms with Gasteiger partial charge >= 0.3 is 0 Å². The first kappa shape index (κ1) is 14.4. The van der Waals surface area contributed by atoms with E-state index in [1.807, 2.05) is 6.92 Å². The van der Waals surface area contributed by atoms with Gasteiger partial charge in [-0.25, -0.2) is 13.4 Å². The van der Waals surface area contributed by atoms with Crippen molar-refractivity contribution in [2.45, 2.75) is 42.9 Å². The number of thiazole rings is 1. The van der Waals surface area contributed by atoms with Gasteiger partial charge in [0.25, 0.3) is 10.0 Å². The van der Waals surface area contributed by atoms with Crippen LogP contribution in [-0.2, 0) is 10.0 Å². The number of aryl methyl sites for hydroxylation is 1. The minimum atomic E-state index is -3.34. The molecule has 2 rings (SSSR count). The van der Waals surface area contributed by atoms with E-state index in [1.165, 1.54) is 17.5 Å². The van der Waals surface area contributed by atoms with E-state index in [2.05, 4.69) is 20.9 Å². The van der Waals surface area contributed by atoms with Gasteiger partial charge in [-0.15, -0.1) is 11.3 Å². The Morgan fingerprint density at radius 1 is 1.56 bits per heavy atom. The Morgan fingerprint density at radius 2 is 2.33 bits per heavy atom. The van der Waals surface area contributed by atoms with Gasteiger partial charge < -0.3 is 0 Å². The lowest BCUT2D eigenvalue weighted by atomic mass is 10.0. The molecule has 0 spiro atoms. The first-order valence-electron chi connectivity index (χ1n) is 6.06. The molecule has 1 aromatic rings. The molecule has 1 aliphatic rings. The third kappa shape index (κ3) is 2.95. The largest absolute Gasteiger partial charge is 0.254 e. The summed E-state index contributed by atoms with van der Waals surface area (Å²) in [6.45, 7) is 2.47. The predicted molar refractivity (Wildman–Crippen MR) is 76.8 cm³/mol. The summed E-state index contributed by atoms with van der Waals surface area (Å²) in [6, 6.07) is 0.130. The highest BCUT2D eigenvalue weighted by molar-refractivity contribution is 9.09. The number of rotatable bonds is 4. The Kier molecular flexibility index (Phi) is 4.80. The minimum Gasteiger partial charge on any atom is -0.249 e. The van der Waals surface area contributed by atoms with E-state index < -0.39 is 10.0 Å². The third-order valence-electron chi connectivity index (χ3n) is 3.18. The topological polar surface area (TPSA) is 50.3 Å². The van der Waals surface area contributed by atoms with E-state index in [9.17, 15) is 8.42 Å². The summed E-state index contributed by atoms with van der Waals surface area (Å²) in [7, 11) is -3.34. The van der Waals surface area contributed by atoms with Gasteiger partial charge in [-0.05, 0) is 26.2 Å². The van der Waals surface area contributed by atoms with Crippen LogP contribution >= 0.6 is 27.3 Å². The average molecular weight is 353 g/mol. The van der Waals surface area contributed by atoms with Crippen LogP contribution in [-0.4, -0.2) is 35.6 Å². The van der Waals surface area contributed by atoms with Crippen molar-refractivity contribution in [2.24, 2.45) is 0 Å². The number of piperidine rings is 1. The van der Waals surface area contributed by atoms with Gasteiger partial charge in [0.2, 0.25) is 0 Å². The zero-order chi connectivity index (χ0) is 13.2. The molecule has 4 nitrogen and oxygen atoms in total. The van der Waals surface area contributed by atoms with Crippen LogP contribution in [0, 0.1) is 6.92 Å². The predicted octanol–water partition coefficient (Wildman–Crippen LogP) is 2.78. The highest BCUT2D eigenvalue weighted by atomic mass is 79.9. The summed E-state index contributed by atoms with van der Waals surface area (Å²) in [6.07, 6.45) is 5.38. The van der Waals surface area contributed by atoms with Crippen LogP contribution in [0.4, 0.5) is 0 Å². The SMILES string of the molecule is Cc1ncc(S(=O)(=O)N2CCCCC2CCBr)s1. The summed E-state index contributed by atoms with van der Waals surface area (Å²) in [5.41, 5.74) is 0.